The zero-order valence-corrected chi connectivity index (χ0v) is 16.1. The van der Waals surface area contributed by atoms with E-state index in [0.717, 1.165) is 5.56 Å². The third-order valence-electron chi connectivity index (χ3n) is 4.74. The van der Waals surface area contributed by atoms with Crippen LogP contribution in [0.5, 0.6) is 0 Å². The third kappa shape index (κ3) is 5.35. The van der Waals surface area contributed by atoms with E-state index in [1.807, 2.05) is 51.1 Å². The number of ether oxygens (including phenoxy) is 3. The van der Waals surface area contributed by atoms with Gasteiger partial charge in [-0.3, -0.25) is 0 Å². The van der Waals surface area contributed by atoms with E-state index in [0.29, 0.717) is 26.3 Å². The van der Waals surface area contributed by atoms with Crippen LogP contribution in [0.25, 0.3) is 0 Å². The van der Waals surface area contributed by atoms with E-state index in [1.54, 1.807) is 4.90 Å². The number of fused-ring (bicyclic) bond motifs is 2. The number of nitrogens with one attached hydrogen (secondary N) is 1. The summed E-state index contributed by atoms with van der Waals surface area (Å²) in [6.45, 7) is 7.78. The van der Waals surface area contributed by atoms with Gasteiger partial charge in [-0.1, -0.05) is 30.3 Å². The summed E-state index contributed by atoms with van der Waals surface area (Å²) in [6, 6.07) is 9.49. The summed E-state index contributed by atoms with van der Waals surface area (Å²) < 4.78 is 16.5. The molecule has 0 spiro atoms. The minimum atomic E-state index is -0.529. The molecule has 0 radical (unpaired) electrons. The zero-order chi connectivity index (χ0) is 19.4. The lowest BCUT2D eigenvalue weighted by Crippen LogP contribution is -2.62. The molecular formula is C20H28N2O5. The fourth-order valence-corrected chi connectivity index (χ4v) is 3.55. The fourth-order valence-electron chi connectivity index (χ4n) is 3.55. The molecule has 1 aromatic rings. The highest BCUT2D eigenvalue weighted by atomic mass is 16.6. The molecule has 3 atom stereocenters. The van der Waals surface area contributed by atoms with E-state index in [1.165, 1.54) is 0 Å². The number of alkyl carbamates (subject to hydrolysis) is 1. The maximum absolute atomic E-state index is 12.4. The molecule has 1 aromatic carbocycles. The number of rotatable bonds is 3. The van der Waals surface area contributed by atoms with Crippen LogP contribution in [-0.2, 0) is 20.8 Å². The van der Waals surface area contributed by atoms with Crippen molar-refractivity contribution < 1.29 is 23.8 Å². The molecule has 0 saturated carbocycles. The first-order valence-electron chi connectivity index (χ1n) is 9.35. The predicted molar refractivity (Wildman–Crippen MR) is 99.2 cm³/mol. The summed E-state index contributed by atoms with van der Waals surface area (Å²) in [5, 5.41) is 2.98. The number of nitrogens with zero attached hydrogens (tertiary/aromatic N) is 1. The van der Waals surface area contributed by atoms with Crippen molar-refractivity contribution in [2.75, 3.05) is 26.3 Å². The Kier molecular flexibility index (Phi) is 5.89. The van der Waals surface area contributed by atoms with Crippen LogP contribution in [-0.4, -0.2) is 55.0 Å². The lowest BCUT2D eigenvalue weighted by Gasteiger charge is -2.46. The van der Waals surface area contributed by atoms with E-state index in [4.69, 9.17) is 14.2 Å². The number of benzene rings is 1. The van der Waals surface area contributed by atoms with Crippen molar-refractivity contribution in [2.45, 2.75) is 39.0 Å². The summed E-state index contributed by atoms with van der Waals surface area (Å²) in [5.74, 6) is 0.0450. The van der Waals surface area contributed by atoms with Gasteiger partial charge in [0.15, 0.2) is 0 Å². The molecule has 2 bridgehead atoms. The van der Waals surface area contributed by atoms with E-state index in [-0.39, 0.29) is 30.6 Å². The van der Waals surface area contributed by atoms with Crippen LogP contribution in [0.2, 0.25) is 0 Å². The highest BCUT2D eigenvalue weighted by Crippen LogP contribution is 2.29. The minimum absolute atomic E-state index is 0.0225. The van der Waals surface area contributed by atoms with Crippen molar-refractivity contribution in [3.8, 4) is 0 Å². The van der Waals surface area contributed by atoms with E-state index in [2.05, 4.69) is 5.32 Å². The summed E-state index contributed by atoms with van der Waals surface area (Å²) in [7, 11) is 0. The first kappa shape index (κ1) is 19.5. The smallest absolute Gasteiger partial charge is 0.410 e. The Morgan fingerprint density at radius 3 is 2.37 bits per heavy atom. The number of hydrogen-bond donors (Lipinski definition) is 1. The third-order valence-corrected chi connectivity index (χ3v) is 4.74. The summed E-state index contributed by atoms with van der Waals surface area (Å²) in [6.07, 6.45) is -0.754. The van der Waals surface area contributed by atoms with Crippen LogP contribution in [0.1, 0.15) is 26.3 Å². The van der Waals surface area contributed by atoms with Crippen LogP contribution in [0, 0.1) is 11.8 Å². The average Bonchev–Trinajstić information content (AvgIpc) is 2.59. The molecule has 1 unspecified atom stereocenters. The van der Waals surface area contributed by atoms with Gasteiger partial charge >= 0.3 is 12.2 Å². The first-order chi connectivity index (χ1) is 12.8. The Bertz CT molecular complexity index is 644. The number of carbonyl (C=O) groups is 2. The molecule has 2 aliphatic rings. The Hall–Kier alpha value is -2.28. The largest absolute Gasteiger partial charge is 0.445 e. The zero-order valence-electron chi connectivity index (χ0n) is 16.1. The van der Waals surface area contributed by atoms with Crippen LogP contribution in [0.4, 0.5) is 9.59 Å². The normalized spacial score (nSPS) is 24.9. The molecule has 0 aromatic heterocycles. The Morgan fingerprint density at radius 2 is 1.78 bits per heavy atom. The standard InChI is InChI=1S/C20H28N2O5/c1-20(2,3)27-19(24)22-9-15-12-25-13-16(10-22)17(15)21-18(23)26-11-14-7-5-4-6-8-14/h4-8,15-17H,9-13H2,1-3H3,(H,21,23)/t15-,16+,17?. The number of piperidine rings is 1. The Morgan fingerprint density at radius 1 is 1.15 bits per heavy atom. The van der Waals surface area contributed by atoms with E-state index >= 15 is 0 Å². The Labute approximate surface area is 160 Å². The molecular weight excluding hydrogens is 348 g/mol. The van der Waals surface area contributed by atoms with Crippen LogP contribution in [0.3, 0.4) is 0 Å². The molecule has 27 heavy (non-hydrogen) atoms. The summed E-state index contributed by atoms with van der Waals surface area (Å²) >= 11 is 0. The maximum atomic E-state index is 12.4. The monoisotopic (exact) mass is 376 g/mol. The molecule has 0 aliphatic carbocycles. The maximum Gasteiger partial charge on any atom is 0.410 e. The highest BCUT2D eigenvalue weighted by Gasteiger charge is 2.43. The topological polar surface area (TPSA) is 77.1 Å². The van der Waals surface area contributed by atoms with Gasteiger partial charge in [-0.2, -0.15) is 0 Å². The van der Waals surface area contributed by atoms with Gasteiger partial charge in [-0.25, -0.2) is 9.59 Å². The number of carbonyl (C=O) groups excluding carboxylic acids is 2. The number of amides is 2. The second-order valence-electron chi connectivity index (χ2n) is 8.17. The van der Waals surface area contributed by atoms with Gasteiger partial charge in [0.05, 0.1) is 13.2 Å². The van der Waals surface area contributed by atoms with Crippen molar-refractivity contribution in [1.82, 2.24) is 10.2 Å². The van der Waals surface area contributed by atoms with Gasteiger partial charge in [0.25, 0.3) is 0 Å². The average molecular weight is 376 g/mol. The van der Waals surface area contributed by atoms with Crippen LogP contribution < -0.4 is 5.32 Å². The molecule has 7 heteroatoms. The molecule has 2 saturated heterocycles. The highest BCUT2D eigenvalue weighted by molar-refractivity contribution is 5.69. The molecule has 2 amide bonds. The number of likely N-dealkylation sites (tertiary alicyclic amines) is 1. The lowest BCUT2D eigenvalue weighted by molar-refractivity contribution is -0.0672. The van der Waals surface area contributed by atoms with Gasteiger partial charge in [0.2, 0.25) is 0 Å². The Balaban J connectivity index is 1.54. The lowest BCUT2D eigenvalue weighted by atomic mass is 9.82. The SMILES string of the molecule is CC(C)(C)OC(=O)N1C[C@H]2COC[C@@H](C1)C2NC(=O)OCc1ccccc1. The second-order valence-corrected chi connectivity index (χ2v) is 8.17. The predicted octanol–water partition coefficient (Wildman–Crippen LogP) is 2.79. The molecule has 3 rings (SSSR count). The summed E-state index contributed by atoms with van der Waals surface area (Å²) in [4.78, 5) is 26.3. The molecule has 2 fully saturated rings. The molecule has 1 N–H and O–H groups in total. The van der Waals surface area contributed by atoms with Crippen molar-refractivity contribution in [2.24, 2.45) is 11.8 Å². The molecule has 7 nitrogen and oxygen atoms in total. The fraction of sp³-hybridized carbons (Fsp3) is 0.600. The number of hydrogen-bond acceptors (Lipinski definition) is 5. The molecule has 2 aliphatic heterocycles. The van der Waals surface area contributed by atoms with Crippen molar-refractivity contribution in [3.63, 3.8) is 0 Å². The van der Waals surface area contributed by atoms with E-state index < -0.39 is 11.7 Å². The van der Waals surface area contributed by atoms with Gasteiger partial charge < -0.3 is 24.4 Å². The van der Waals surface area contributed by atoms with Crippen LogP contribution >= 0.6 is 0 Å². The minimum Gasteiger partial charge on any atom is -0.445 e. The van der Waals surface area contributed by atoms with Crippen LogP contribution in [0.15, 0.2) is 30.3 Å². The van der Waals surface area contributed by atoms with Crippen molar-refractivity contribution >= 4 is 12.2 Å². The molecule has 2 heterocycles. The van der Waals surface area contributed by atoms with Gasteiger partial charge in [-0.15, -0.1) is 0 Å². The quantitative estimate of drug-likeness (QED) is 0.878. The second kappa shape index (κ2) is 8.17. The summed E-state index contributed by atoms with van der Waals surface area (Å²) in [5.41, 5.74) is 0.412. The van der Waals surface area contributed by atoms with Gasteiger partial charge in [0, 0.05) is 31.0 Å². The van der Waals surface area contributed by atoms with Crippen molar-refractivity contribution in [1.29, 1.82) is 0 Å². The first-order valence-corrected chi connectivity index (χ1v) is 9.35. The van der Waals surface area contributed by atoms with Gasteiger partial charge in [0.1, 0.15) is 12.2 Å². The van der Waals surface area contributed by atoms with Gasteiger partial charge in [-0.05, 0) is 26.3 Å². The van der Waals surface area contributed by atoms with E-state index in [9.17, 15) is 9.59 Å². The molecule has 148 valence electrons. The van der Waals surface area contributed by atoms with Crippen molar-refractivity contribution in [3.05, 3.63) is 35.9 Å².